The number of benzene rings is 3. The van der Waals surface area contributed by atoms with Gasteiger partial charge in [-0.15, -0.1) is 0 Å². The van der Waals surface area contributed by atoms with Gasteiger partial charge in [0.25, 0.3) is 0 Å². The number of furan rings is 1. The van der Waals surface area contributed by atoms with Crippen molar-refractivity contribution in [2.45, 2.75) is 26.7 Å². The predicted molar refractivity (Wildman–Crippen MR) is 121 cm³/mol. The van der Waals surface area contributed by atoms with Crippen molar-refractivity contribution in [2.24, 2.45) is 5.92 Å². The molecule has 0 amide bonds. The summed E-state index contributed by atoms with van der Waals surface area (Å²) in [5.74, 6) is 2.85. The van der Waals surface area contributed by atoms with Crippen molar-refractivity contribution in [1.82, 2.24) is 15.0 Å². The van der Waals surface area contributed by atoms with Gasteiger partial charge >= 0.3 is 0 Å². The molecule has 5 aromatic rings. The SMILES string of the molecule is CC(C)C(C)c1nc(-c2ccccc2)nc(-c2ccc3c(c2)oc2ccccc23)n1. The van der Waals surface area contributed by atoms with Gasteiger partial charge in [0.15, 0.2) is 11.6 Å². The van der Waals surface area contributed by atoms with Gasteiger partial charge in [0, 0.05) is 27.8 Å². The fourth-order valence-corrected chi connectivity index (χ4v) is 3.60. The smallest absolute Gasteiger partial charge is 0.163 e. The Labute approximate surface area is 175 Å². The first-order chi connectivity index (χ1) is 14.6. The Hall–Kier alpha value is -3.53. The molecule has 0 aliphatic carbocycles. The second-order valence-corrected chi connectivity index (χ2v) is 8.05. The molecular formula is C26H23N3O. The molecule has 1 unspecified atom stereocenters. The summed E-state index contributed by atoms with van der Waals surface area (Å²) >= 11 is 0. The average Bonchev–Trinajstić information content (AvgIpc) is 3.16. The van der Waals surface area contributed by atoms with Gasteiger partial charge in [-0.3, -0.25) is 0 Å². The van der Waals surface area contributed by atoms with Crippen LogP contribution in [0.5, 0.6) is 0 Å². The Kier molecular flexibility index (Phi) is 4.55. The Balaban J connectivity index is 1.69. The number of hydrogen-bond donors (Lipinski definition) is 0. The van der Waals surface area contributed by atoms with E-state index in [2.05, 4.69) is 39.0 Å². The number of nitrogens with zero attached hydrogens (tertiary/aromatic N) is 3. The van der Waals surface area contributed by atoms with Crippen LogP contribution in [-0.4, -0.2) is 15.0 Å². The summed E-state index contributed by atoms with van der Waals surface area (Å²) in [5, 5.41) is 2.22. The molecule has 2 heterocycles. The maximum atomic E-state index is 6.07. The van der Waals surface area contributed by atoms with Crippen molar-refractivity contribution in [1.29, 1.82) is 0 Å². The van der Waals surface area contributed by atoms with E-state index in [1.807, 2.05) is 54.6 Å². The van der Waals surface area contributed by atoms with Crippen molar-refractivity contribution in [3.63, 3.8) is 0 Å². The third-order valence-electron chi connectivity index (χ3n) is 5.73. The van der Waals surface area contributed by atoms with Crippen molar-refractivity contribution < 1.29 is 4.42 Å². The molecule has 30 heavy (non-hydrogen) atoms. The summed E-state index contributed by atoms with van der Waals surface area (Å²) in [6, 6.07) is 24.4. The van der Waals surface area contributed by atoms with Crippen LogP contribution in [0.15, 0.2) is 77.2 Å². The van der Waals surface area contributed by atoms with Gasteiger partial charge in [0.05, 0.1) is 0 Å². The molecule has 0 saturated carbocycles. The molecule has 0 saturated heterocycles. The van der Waals surface area contributed by atoms with E-state index in [1.165, 1.54) is 0 Å². The summed E-state index contributed by atoms with van der Waals surface area (Å²) in [4.78, 5) is 14.5. The molecule has 5 rings (SSSR count). The molecule has 0 N–H and O–H groups in total. The molecule has 2 aromatic heterocycles. The van der Waals surface area contributed by atoms with Crippen molar-refractivity contribution >= 4 is 21.9 Å². The monoisotopic (exact) mass is 393 g/mol. The van der Waals surface area contributed by atoms with E-state index in [-0.39, 0.29) is 5.92 Å². The maximum absolute atomic E-state index is 6.07. The van der Waals surface area contributed by atoms with Gasteiger partial charge < -0.3 is 4.42 Å². The van der Waals surface area contributed by atoms with E-state index < -0.39 is 0 Å². The Bertz CT molecular complexity index is 1340. The van der Waals surface area contributed by atoms with Crippen molar-refractivity contribution in [3.8, 4) is 22.8 Å². The van der Waals surface area contributed by atoms with E-state index in [0.29, 0.717) is 17.6 Å². The molecule has 0 aliphatic rings. The number of rotatable bonds is 4. The highest BCUT2D eigenvalue weighted by Crippen LogP contribution is 2.32. The van der Waals surface area contributed by atoms with Crippen LogP contribution in [0, 0.1) is 5.92 Å². The lowest BCUT2D eigenvalue weighted by atomic mass is 9.97. The molecule has 3 aromatic carbocycles. The highest BCUT2D eigenvalue weighted by atomic mass is 16.3. The molecule has 0 radical (unpaired) electrons. The fraction of sp³-hybridized carbons (Fsp3) is 0.192. The molecule has 0 spiro atoms. The lowest BCUT2D eigenvalue weighted by Gasteiger charge is -2.16. The topological polar surface area (TPSA) is 51.8 Å². The number of aromatic nitrogens is 3. The molecular weight excluding hydrogens is 370 g/mol. The van der Waals surface area contributed by atoms with Crippen molar-refractivity contribution in [3.05, 3.63) is 78.6 Å². The molecule has 0 aliphatic heterocycles. The van der Waals surface area contributed by atoms with Crippen LogP contribution in [0.2, 0.25) is 0 Å². The fourth-order valence-electron chi connectivity index (χ4n) is 3.60. The highest BCUT2D eigenvalue weighted by molar-refractivity contribution is 6.05. The summed E-state index contributed by atoms with van der Waals surface area (Å²) in [7, 11) is 0. The van der Waals surface area contributed by atoms with E-state index in [1.54, 1.807) is 0 Å². The zero-order valence-corrected chi connectivity index (χ0v) is 17.3. The minimum absolute atomic E-state index is 0.226. The average molecular weight is 393 g/mol. The Morgan fingerprint density at radius 1 is 0.633 bits per heavy atom. The first-order valence-electron chi connectivity index (χ1n) is 10.3. The van der Waals surface area contributed by atoms with Crippen LogP contribution in [0.4, 0.5) is 0 Å². The molecule has 148 valence electrons. The lowest BCUT2D eigenvalue weighted by molar-refractivity contribution is 0.509. The lowest BCUT2D eigenvalue weighted by Crippen LogP contribution is -2.10. The van der Waals surface area contributed by atoms with Gasteiger partial charge in [-0.05, 0) is 24.1 Å². The van der Waals surface area contributed by atoms with Crippen LogP contribution in [0.1, 0.15) is 32.5 Å². The first kappa shape index (κ1) is 18.5. The standard InChI is InChI=1S/C26H23N3O/c1-16(2)17(3)24-27-25(18-9-5-4-6-10-18)29-26(28-24)19-13-14-21-20-11-7-8-12-22(20)30-23(21)15-19/h4-17H,1-3H3. The second-order valence-electron chi connectivity index (χ2n) is 8.05. The highest BCUT2D eigenvalue weighted by Gasteiger charge is 2.18. The third-order valence-corrected chi connectivity index (χ3v) is 5.73. The van der Waals surface area contributed by atoms with Crippen LogP contribution >= 0.6 is 0 Å². The van der Waals surface area contributed by atoms with E-state index in [4.69, 9.17) is 19.4 Å². The van der Waals surface area contributed by atoms with Gasteiger partial charge in [0.1, 0.15) is 17.0 Å². The second kappa shape index (κ2) is 7.38. The molecule has 4 nitrogen and oxygen atoms in total. The molecule has 1 atom stereocenters. The van der Waals surface area contributed by atoms with Crippen LogP contribution in [-0.2, 0) is 0 Å². The normalized spacial score (nSPS) is 12.7. The van der Waals surface area contributed by atoms with Crippen molar-refractivity contribution in [2.75, 3.05) is 0 Å². The quantitative estimate of drug-likeness (QED) is 0.334. The van der Waals surface area contributed by atoms with E-state index in [0.717, 1.165) is 38.9 Å². The van der Waals surface area contributed by atoms with Gasteiger partial charge in [-0.1, -0.05) is 75.4 Å². The Morgan fingerprint density at radius 2 is 1.30 bits per heavy atom. The minimum atomic E-state index is 0.226. The summed E-state index contributed by atoms with van der Waals surface area (Å²) < 4.78 is 6.07. The molecule has 4 heteroatoms. The molecule has 0 fully saturated rings. The third kappa shape index (κ3) is 3.24. The van der Waals surface area contributed by atoms with E-state index in [9.17, 15) is 0 Å². The van der Waals surface area contributed by atoms with E-state index >= 15 is 0 Å². The molecule has 0 bridgehead atoms. The minimum Gasteiger partial charge on any atom is -0.456 e. The summed E-state index contributed by atoms with van der Waals surface area (Å²) in [6.07, 6.45) is 0. The van der Waals surface area contributed by atoms with Gasteiger partial charge in [0.2, 0.25) is 0 Å². The number of hydrogen-bond acceptors (Lipinski definition) is 4. The van der Waals surface area contributed by atoms with Crippen LogP contribution < -0.4 is 0 Å². The summed E-state index contributed by atoms with van der Waals surface area (Å²) in [6.45, 7) is 6.55. The summed E-state index contributed by atoms with van der Waals surface area (Å²) in [5.41, 5.74) is 3.65. The zero-order chi connectivity index (χ0) is 20.7. The Morgan fingerprint density at radius 3 is 2.07 bits per heavy atom. The number of para-hydroxylation sites is 1. The predicted octanol–water partition coefficient (Wildman–Crippen LogP) is 6.86. The maximum Gasteiger partial charge on any atom is 0.163 e. The zero-order valence-electron chi connectivity index (χ0n) is 17.3. The largest absolute Gasteiger partial charge is 0.456 e. The van der Waals surface area contributed by atoms with Crippen LogP contribution in [0.25, 0.3) is 44.7 Å². The van der Waals surface area contributed by atoms with Crippen LogP contribution in [0.3, 0.4) is 0 Å². The van der Waals surface area contributed by atoms with Gasteiger partial charge in [-0.2, -0.15) is 0 Å². The van der Waals surface area contributed by atoms with Gasteiger partial charge in [-0.25, -0.2) is 15.0 Å². The number of fused-ring (bicyclic) bond motifs is 3. The first-order valence-corrected chi connectivity index (χ1v) is 10.3.